The van der Waals surface area contributed by atoms with Crippen molar-refractivity contribution in [1.82, 2.24) is 0 Å². The second kappa shape index (κ2) is 2.34. The molecule has 0 saturated carbocycles. The molecule has 1 aliphatic heterocycles. The molecule has 1 aromatic rings. The van der Waals surface area contributed by atoms with Crippen LogP contribution in [-0.4, -0.2) is 0 Å². The van der Waals surface area contributed by atoms with E-state index in [0.717, 1.165) is 0 Å². The van der Waals surface area contributed by atoms with Crippen molar-refractivity contribution in [3.05, 3.63) is 24.3 Å². The summed E-state index contributed by atoms with van der Waals surface area (Å²) in [7, 11) is 0. The third-order valence-electron chi connectivity index (χ3n) is 1.33. The van der Waals surface area contributed by atoms with Crippen molar-refractivity contribution >= 4 is 35.8 Å². The fraction of sp³-hybridized carbons (Fsp3) is 0. The predicted molar refractivity (Wildman–Crippen MR) is 53.6 cm³/mol. The molecule has 1 aliphatic rings. The first kappa shape index (κ1) is 8.73. The topological polar surface area (TPSA) is 18.5 Å². The Morgan fingerprint density at radius 1 is 1.08 bits per heavy atom. The monoisotopic (exact) mass is 316 g/mol. The SMILES string of the molecule is FP1(Br)(Br)Oc2ccccc2O1. The number of benzene rings is 1. The van der Waals surface area contributed by atoms with E-state index in [0.29, 0.717) is 11.5 Å². The molecular formula is C6H4Br2FO2P. The van der Waals surface area contributed by atoms with E-state index in [1.807, 2.05) is 0 Å². The quantitative estimate of drug-likeness (QED) is 0.662. The van der Waals surface area contributed by atoms with Crippen molar-refractivity contribution in [2.45, 2.75) is 0 Å². The van der Waals surface area contributed by atoms with Crippen LogP contribution in [0.4, 0.5) is 4.20 Å². The second-order valence-electron chi connectivity index (χ2n) is 2.31. The first-order chi connectivity index (χ1) is 5.44. The molecule has 1 aromatic carbocycles. The van der Waals surface area contributed by atoms with Crippen LogP contribution in [0.3, 0.4) is 0 Å². The van der Waals surface area contributed by atoms with E-state index in [-0.39, 0.29) is 0 Å². The van der Waals surface area contributed by atoms with Gasteiger partial charge >= 0.3 is 84.8 Å². The van der Waals surface area contributed by atoms with Crippen LogP contribution in [0, 0.1) is 0 Å². The van der Waals surface area contributed by atoms with Gasteiger partial charge in [0, 0.05) is 0 Å². The molecule has 0 N–H and O–H groups in total. The van der Waals surface area contributed by atoms with Gasteiger partial charge in [0.1, 0.15) is 0 Å². The average molecular weight is 318 g/mol. The van der Waals surface area contributed by atoms with Gasteiger partial charge in [-0.2, -0.15) is 0 Å². The zero-order chi connectivity index (χ0) is 8.84. The Kier molecular flexibility index (Phi) is 1.70. The van der Waals surface area contributed by atoms with Crippen LogP contribution in [0.1, 0.15) is 0 Å². The summed E-state index contributed by atoms with van der Waals surface area (Å²) in [6.07, 6.45) is 0. The molecule has 0 atom stereocenters. The maximum absolute atomic E-state index is 13.6. The van der Waals surface area contributed by atoms with Gasteiger partial charge in [-0.05, 0) is 0 Å². The summed E-state index contributed by atoms with van der Waals surface area (Å²) in [4.78, 5) is 0. The van der Waals surface area contributed by atoms with Crippen LogP contribution in [0.25, 0.3) is 0 Å². The van der Waals surface area contributed by atoms with Crippen LogP contribution in [0.15, 0.2) is 24.3 Å². The van der Waals surface area contributed by atoms with Gasteiger partial charge in [0.15, 0.2) is 0 Å². The van der Waals surface area contributed by atoms with Crippen LogP contribution in [0.5, 0.6) is 11.5 Å². The Balaban J connectivity index is 2.47. The number of fused-ring (bicyclic) bond motifs is 1. The number of para-hydroxylation sites is 2. The van der Waals surface area contributed by atoms with Gasteiger partial charge in [0.05, 0.1) is 0 Å². The Hall–Kier alpha value is 0.140. The number of hydrogen-bond donors (Lipinski definition) is 0. The van der Waals surface area contributed by atoms with Crippen molar-refractivity contribution in [3.8, 4) is 11.5 Å². The predicted octanol–water partition coefficient (Wildman–Crippen LogP) is 4.35. The number of hydrogen-bond acceptors (Lipinski definition) is 2. The van der Waals surface area contributed by atoms with E-state index in [2.05, 4.69) is 31.0 Å². The molecule has 12 heavy (non-hydrogen) atoms. The molecule has 2 rings (SSSR count). The Morgan fingerprint density at radius 2 is 1.50 bits per heavy atom. The minimum absolute atomic E-state index is 0.409. The molecule has 6 heteroatoms. The van der Waals surface area contributed by atoms with Crippen molar-refractivity contribution in [2.75, 3.05) is 0 Å². The zero-order valence-electron chi connectivity index (χ0n) is 5.71. The van der Waals surface area contributed by atoms with Crippen molar-refractivity contribution in [2.24, 2.45) is 0 Å². The molecule has 0 bridgehead atoms. The molecule has 0 fully saturated rings. The van der Waals surface area contributed by atoms with Gasteiger partial charge < -0.3 is 0 Å². The molecule has 2 nitrogen and oxygen atoms in total. The average Bonchev–Trinajstić information content (AvgIpc) is 2.16. The third kappa shape index (κ3) is 1.58. The molecule has 0 radical (unpaired) electrons. The summed E-state index contributed by atoms with van der Waals surface area (Å²) in [6, 6.07) is 6.79. The van der Waals surface area contributed by atoms with Gasteiger partial charge in [-0.3, -0.25) is 0 Å². The van der Waals surface area contributed by atoms with Gasteiger partial charge in [-0.15, -0.1) is 0 Å². The summed E-state index contributed by atoms with van der Waals surface area (Å²) in [5, 5.41) is 0. The first-order valence-electron chi connectivity index (χ1n) is 3.11. The van der Waals surface area contributed by atoms with E-state index < -0.39 is 4.77 Å². The molecule has 66 valence electrons. The Bertz CT molecular complexity index is 307. The molecule has 0 amide bonds. The number of rotatable bonds is 0. The van der Waals surface area contributed by atoms with Crippen LogP contribution >= 0.6 is 35.8 Å². The Morgan fingerprint density at radius 3 is 1.92 bits per heavy atom. The van der Waals surface area contributed by atoms with Crippen LogP contribution in [-0.2, 0) is 0 Å². The summed E-state index contributed by atoms with van der Waals surface area (Å²) in [6.45, 7) is 0. The number of halogens is 3. The molecule has 0 saturated heterocycles. The van der Waals surface area contributed by atoms with Gasteiger partial charge in [0.25, 0.3) is 0 Å². The third-order valence-corrected chi connectivity index (χ3v) is 4.02. The van der Waals surface area contributed by atoms with Crippen LogP contribution < -0.4 is 9.05 Å². The van der Waals surface area contributed by atoms with Crippen LogP contribution in [0.2, 0.25) is 0 Å². The van der Waals surface area contributed by atoms with Gasteiger partial charge in [-0.1, -0.05) is 0 Å². The summed E-state index contributed by atoms with van der Waals surface area (Å²) < 4.78 is 19.3. The van der Waals surface area contributed by atoms with E-state index in [9.17, 15) is 4.20 Å². The molecule has 0 unspecified atom stereocenters. The summed E-state index contributed by atoms with van der Waals surface area (Å²) in [5.74, 6) is 0.817. The minimum atomic E-state index is -4.18. The fourth-order valence-electron chi connectivity index (χ4n) is 0.923. The van der Waals surface area contributed by atoms with E-state index in [1.54, 1.807) is 24.3 Å². The summed E-state index contributed by atoms with van der Waals surface area (Å²) >= 11 is 5.53. The van der Waals surface area contributed by atoms with E-state index in [1.165, 1.54) is 0 Å². The van der Waals surface area contributed by atoms with Gasteiger partial charge in [0.2, 0.25) is 0 Å². The molecule has 0 spiro atoms. The summed E-state index contributed by atoms with van der Waals surface area (Å²) in [5.41, 5.74) is 0. The van der Waals surface area contributed by atoms with E-state index in [4.69, 9.17) is 9.05 Å². The maximum atomic E-state index is 13.6. The van der Waals surface area contributed by atoms with Crippen molar-refractivity contribution in [1.29, 1.82) is 0 Å². The normalized spacial score (nSPS) is 25.8. The Labute approximate surface area is 84.7 Å². The standard InChI is InChI=1S/C6H4Br2FO2P/c7-12(8,9)10-5-3-1-2-4-6(5)11-12/h1-4H. The molecular weight excluding hydrogens is 314 g/mol. The molecule has 1 heterocycles. The molecule has 0 aliphatic carbocycles. The van der Waals surface area contributed by atoms with Crippen molar-refractivity contribution in [3.63, 3.8) is 0 Å². The van der Waals surface area contributed by atoms with Gasteiger partial charge in [-0.25, -0.2) is 0 Å². The van der Waals surface area contributed by atoms with E-state index >= 15 is 0 Å². The fourth-order valence-corrected chi connectivity index (χ4v) is 3.74. The first-order valence-corrected chi connectivity index (χ1v) is 9.11. The van der Waals surface area contributed by atoms with Crippen molar-refractivity contribution < 1.29 is 13.2 Å². The molecule has 0 aromatic heterocycles. The zero-order valence-corrected chi connectivity index (χ0v) is 9.77. The second-order valence-corrected chi connectivity index (χ2v) is 14.1.